The largest absolute Gasteiger partial charge is 2.00 e. The van der Waals surface area contributed by atoms with E-state index in [1.807, 2.05) is 18.2 Å². The van der Waals surface area contributed by atoms with Crippen LogP contribution in [0.1, 0.15) is 0 Å². The molecule has 0 saturated carbocycles. The zero-order chi connectivity index (χ0) is 7.40. The minimum absolute atomic E-state index is 0. The Bertz CT molecular complexity index is 199. The molecule has 1 aromatic carbocycles. The fraction of sp³-hybridized carbons (Fsp3) is 0.250. The Morgan fingerprint density at radius 1 is 1.08 bits per heavy atom. The van der Waals surface area contributed by atoms with Crippen molar-refractivity contribution >= 4 is 23.1 Å². The standard InChI is InChI=1S/C8H9O2.BrH.Mg/c1-9-7-4-3-5-8(6-7)10-2;;/h3-5H,1-2H3;1H;/q-1;;+2/p-1. The minimum atomic E-state index is 0. The first-order valence-corrected chi connectivity index (χ1v) is 2.97. The van der Waals surface area contributed by atoms with Crippen molar-refractivity contribution in [1.82, 2.24) is 0 Å². The van der Waals surface area contributed by atoms with Crippen LogP contribution in [-0.2, 0) is 0 Å². The normalized spacial score (nSPS) is 7.50. The summed E-state index contributed by atoms with van der Waals surface area (Å²) in [6.07, 6.45) is 0. The zero-order valence-electron chi connectivity index (χ0n) is 7.13. The Morgan fingerprint density at radius 2 is 1.50 bits per heavy atom. The molecule has 0 heterocycles. The molecule has 12 heavy (non-hydrogen) atoms. The Balaban J connectivity index is 0. The van der Waals surface area contributed by atoms with E-state index in [0.29, 0.717) is 11.5 Å². The van der Waals surface area contributed by atoms with Crippen LogP contribution in [0, 0.1) is 6.07 Å². The minimum Gasteiger partial charge on any atom is -1.00 e. The number of hydrogen-bond acceptors (Lipinski definition) is 2. The van der Waals surface area contributed by atoms with Gasteiger partial charge in [-0.15, -0.1) is 12.1 Å². The summed E-state index contributed by atoms with van der Waals surface area (Å²) in [7, 11) is 3.20. The van der Waals surface area contributed by atoms with E-state index in [4.69, 9.17) is 9.47 Å². The summed E-state index contributed by atoms with van der Waals surface area (Å²) < 4.78 is 9.84. The molecule has 0 fully saturated rings. The van der Waals surface area contributed by atoms with Gasteiger partial charge >= 0.3 is 23.1 Å². The Labute approximate surface area is 99.2 Å². The molecule has 0 aliphatic heterocycles. The molecule has 0 aliphatic carbocycles. The average Bonchev–Trinajstić information content (AvgIpc) is 2.05. The maximum Gasteiger partial charge on any atom is 2.00 e. The summed E-state index contributed by atoms with van der Waals surface area (Å²) in [6, 6.07) is 8.40. The average molecular weight is 241 g/mol. The van der Waals surface area contributed by atoms with Crippen molar-refractivity contribution in [3.05, 3.63) is 24.3 Å². The molecule has 2 nitrogen and oxygen atoms in total. The molecular formula is C8H9BrMgO2. The van der Waals surface area contributed by atoms with Gasteiger partial charge in [0.1, 0.15) is 0 Å². The van der Waals surface area contributed by atoms with E-state index in [1.165, 1.54) is 0 Å². The SMILES string of the molecule is COc1[c-]c(OC)ccc1.[Br-].[Mg+2]. The van der Waals surface area contributed by atoms with Gasteiger partial charge in [-0.2, -0.15) is 6.07 Å². The van der Waals surface area contributed by atoms with Crippen LogP contribution in [0.2, 0.25) is 0 Å². The van der Waals surface area contributed by atoms with Crippen LogP contribution in [0.4, 0.5) is 0 Å². The van der Waals surface area contributed by atoms with Crippen molar-refractivity contribution in [2.24, 2.45) is 0 Å². The topological polar surface area (TPSA) is 18.5 Å². The van der Waals surface area contributed by atoms with Gasteiger partial charge in [0.2, 0.25) is 0 Å². The quantitative estimate of drug-likeness (QED) is 0.446. The van der Waals surface area contributed by atoms with Crippen LogP contribution in [0.25, 0.3) is 0 Å². The predicted molar refractivity (Wildman–Crippen MR) is 44.1 cm³/mol. The van der Waals surface area contributed by atoms with E-state index >= 15 is 0 Å². The second kappa shape index (κ2) is 7.70. The number of rotatable bonds is 2. The Morgan fingerprint density at radius 3 is 1.83 bits per heavy atom. The third kappa shape index (κ3) is 4.18. The Hall–Kier alpha value is 0.0662. The summed E-state index contributed by atoms with van der Waals surface area (Å²) in [5.41, 5.74) is 0. The van der Waals surface area contributed by atoms with Gasteiger partial charge in [-0.05, 0) is 0 Å². The second-order valence-electron chi connectivity index (χ2n) is 1.79. The molecule has 0 amide bonds. The maximum atomic E-state index is 4.92. The maximum absolute atomic E-state index is 4.92. The van der Waals surface area contributed by atoms with Crippen molar-refractivity contribution in [2.45, 2.75) is 0 Å². The van der Waals surface area contributed by atoms with E-state index in [9.17, 15) is 0 Å². The molecule has 1 rings (SSSR count). The van der Waals surface area contributed by atoms with Crippen LogP contribution in [-0.4, -0.2) is 37.3 Å². The van der Waals surface area contributed by atoms with Crippen LogP contribution >= 0.6 is 0 Å². The smallest absolute Gasteiger partial charge is 1.00 e. The van der Waals surface area contributed by atoms with Gasteiger partial charge in [-0.25, -0.2) is 0 Å². The molecule has 0 unspecified atom stereocenters. The van der Waals surface area contributed by atoms with Gasteiger partial charge in [0, 0.05) is 11.5 Å². The van der Waals surface area contributed by atoms with E-state index in [-0.39, 0.29) is 40.0 Å². The summed E-state index contributed by atoms with van der Waals surface area (Å²) in [6.45, 7) is 0. The first-order valence-electron chi connectivity index (χ1n) is 2.97. The van der Waals surface area contributed by atoms with Gasteiger partial charge < -0.3 is 26.5 Å². The first kappa shape index (κ1) is 14.6. The van der Waals surface area contributed by atoms with Gasteiger partial charge in [0.05, 0.1) is 14.2 Å². The monoisotopic (exact) mass is 240 g/mol. The molecule has 0 atom stereocenters. The first-order chi connectivity index (χ1) is 4.86. The number of benzene rings is 1. The molecule has 62 valence electrons. The second-order valence-corrected chi connectivity index (χ2v) is 1.79. The van der Waals surface area contributed by atoms with Crippen LogP contribution in [0.5, 0.6) is 11.5 Å². The zero-order valence-corrected chi connectivity index (χ0v) is 10.1. The van der Waals surface area contributed by atoms with E-state index in [1.54, 1.807) is 14.2 Å². The molecule has 1 aromatic rings. The van der Waals surface area contributed by atoms with Crippen molar-refractivity contribution in [2.75, 3.05) is 14.2 Å². The van der Waals surface area contributed by atoms with Crippen molar-refractivity contribution in [1.29, 1.82) is 0 Å². The number of methoxy groups -OCH3 is 2. The summed E-state index contributed by atoms with van der Waals surface area (Å²) >= 11 is 0. The van der Waals surface area contributed by atoms with Crippen LogP contribution < -0.4 is 26.5 Å². The van der Waals surface area contributed by atoms with Gasteiger partial charge in [-0.1, -0.05) is 6.07 Å². The predicted octanol–water partition coefficient (Wildman–Crippen LogP) is -1.87. The molecule has 0 bridgehead atoms. The fourth-order valence-electron chi connectivity index (χ4n) is 0.666. The van der Waals surface area contributed by atoms with Crippen LogP contribution in [0.3, 0.4) is 0 Å². The van der Waals surface area contributed by atoms with Gasteiger partial charge in [0.15, 0.2) is 0 Å². The summed E-state index contributed by atoms with van der Waals surface area (Å²) in [5.74, 6) is 1.39. The van der Waals surface area contributed by atoms with Crippen molar-refractivity contribution in [3.8, 4) is 11.5 Å². The molecule has 0 saturated heterocycles. The molecule has 4 heteroatoms. The molecular weight excluding hydrogens is 232 g/mol. The molecule has 0 radical (unpaired) electrons. The molecule has 0 N–H and O–H groups in total. The molecule has 0 aliphatic rings. The number of ether oxygens (including phenoxy) is 2. The fourth-order valence-corrected chi connectivity index (χ4v) is 0.666. The van der Waals surface area contributed by atoms with Crippen molar-refractivity contribution < 1.29 is 26.5 Å². The molecule has 0 spiro atoms. The van der Waals surface area contributed by atoms with Crippen LogP contribution in [0.15, 0.2) is 18.2 Å². The summed E-state index contributed by atoms with van der Waals surface area (Å²) in [5, 5.41) is 0. The van der Waals surface area contributed by atoms with Crippen molar-refractivity contribution in [3.63, 3.8) is 0 Å². The van der Waals surface area contributed by atoms with E-state index < -0.39 is 0 Å². The van der Waals surface area contributed by atoms with E-state index in [0.717, 1.165) is 0 Å². The Kier molecular flexibility index (Phi) is 9.36. The molecule has 0 aromatic heterocycles. The summed E-state index contributed by atoms with van der Waals surface area (Å²) in [4.78, 5) is 0. The number of halogens is 1. The van der Waals surface area contributed by atoms with Gasteiger partial charge in [0.25, 0.3) is 0 Å². The number of hydrogen-bond donors (Lipinski definition) is 0. The van der Waals surface area contributed by atoms with E-state index in [2.05, 4.69) is 6.07 Å². The van der Waals surface area contributed by atoms with Gasteiger partial charge in [-0.3, -0.25) is 0 Å². The third-order valence-corrected chi connectivity index (χ3v) is 1.18. The third-order valence-electron chi connectivity index (χ3n) is 1.18.